The van der Waals surface area contributed by atoms with Crippen LogP contribution in [0.3, 0.4) is 0 Å². The molecule has 3 rings (SSSR count). The van der Waals surface area contributed by atoms with Crippen LogP contribution in [-0.2, 0) is 27.9 Å². The van der Waals surface area contributed by atoms with Gasteiger partial charge in [0.2, 0.25) is 15.9 Å². The fraction of sp³-hybridized carbons (Fsp3) is 0.300. The Hall–Kier alpha value is -2.71. The zero-order valence-corrected chi connectivity index (χ0v) is 16.8. The standard InChI is InChI=1S/C20H24N4O3S/c1-23(2)28(26,27)17-10-11-19-18(13-17)22-15-24(19)12-6-9-20(25)21-14-16-7-4-3-5-8-16/h3-5,7-8,10-11,13,15H,6,9,12,14H2,1-2H3,(H,21,25). The first-order valence-electron chi connectivity index (χ1n) is 9.06. The Bertz CT molecular complexity index is 1060. The monoisotopic (exact) mass is 400 g/mol. The van der Waals surface area contributed by atoms with Gasteiger partial charge < -0.3 is 9.88 Å². The van der Waals surface area contributed by atoms with Crippen LogP contribution in [0.2, 0.25) is 0 Å². The predicted octanol–water partition coefficient (Wildman–Crippen LogP) is 2.38. The normalized spacial score (nSPS) is 11.8. The molecule has 0 saturated heterocycles. The number of hydrogen-bond acceptors (Lipinski definition) is 4. The van der Waals surface area contributed by atoms with Crippen molar-refractivity contribution in [1.82, 2.24) is 19.2 Å². The lowest BCUT2D eigenvalue weighted by molar-refractivity contribution is -0.121. The highest BCUT2D eigenvalue weighted by Crippen LogP contribution is 2.20. The zero-order chi connectivity index (χ0) is 20.1. The van der Waals surface area contributed by atoms with Crippen LogP contribution in [0.15, 0.2) is 59.8 Å². The van der Waals surface area contributed by atoms with E-state index in [2.05, 4.69) is 10.3 Å². The number of nitrogens with zero attached hydrogens (tertiary/aromatic N) is 3. The average molecular weight is 401 g/mol. The van der Waals surface area contributed by atoms with Gasteiger partial charge in [-0.05, 0) is 30.2 Å². The van der Waals surface area contributed by atoms with Crippen molar-refractivity contribution in [1.29, 1.82) is 0 Å². The van der Waals surface area contributed by atoms with Crippen molar-refractivity contribution >= 4 is 27.0 Å². The molecule has 2 aromatic carbocycles. The smallest absolute Gasteiger partial charge is 0.242 e. The minimum absolute atomic E-state index is 0.00707. The van der Waals surface area contributed by atoms with Crippen LogP contribution >= 0.6 is 0 Å². The summed E-state index contributed by atoms with van der Waals surface area (Å²) < 4.78 is 27.6. The average Bonchev–Trinajstić information content (AvgIpc) is 3.09. The molecule has 1 aromatic heterocycles. The van der Waals surface area contributed by atoms with E-state index in [4.69, 9.17) is 0 Å². The summed E-state index contributed by atoms with van der Waals surface area (Å²) in [6.07, 6.45) is 2.77. The van der Waals surface area contributed by atoms with E-state index < -0.39 is 10.0 Å². The fourth-order valence-corrected chi connectivity index (χ4v) is 3.81. The number of nitrogens with one attached hydrogen (secondary N) is 1. The first-order valence-corrected chi connectivity index (χ1v) is 10.5. The summed E-state index contributed by atoms with van der Waals surface area (Å²) in [5, 5.41) is 2.92. The highest BCUT2D eigenvalue weighted by Gasteiger charge is 2.18. The van der Waals surface area contributed by atoms with Crippen LogP contribution in [-0.4, -0.2) is 42.3 Å². The zero-order valence-electron chi connectivity index (χ0n) is 16.0. The summed E-state index contributed by atoms with van der Waals surface area (Å²) in [6.45, 7) is 1.16. The molecule has 0 fully saturated rings. The minimum atomic E-state index is -3.49. The van der Waals surface area contributed by atoms with Crippen molar-refractivity contribution in [3.05, 3.63) is 60.4 Å². The molecule has 0 saturated carbocycles. The molecule has 8 heteroatoms. The van der Waals surface area contributed by atoms with Crippen molar-refractivity contribution in [3.8, 4) is 0 Å². The molecule has 7 nitrogen and oxygen atoms in total. The van der Waals surface area contributed by atoms with E-state index in [0.29, 0.717) is 31.4 Å². The number of imidazole rings is 1. The van der Waals surface area contributed by atoms with Crippen molar-refractivity contribution in [2.45, 2.75) is 30.8 Å². The quantitative estimate of drug-likeness (QED) is 0.629. The van der Waals surface area contributed by atoms with Crippen LogP contribution in [0.5, 0.6) is 0 Å². The highest BCUT2D eigenvalue weighted by atomic mass is 32.2. The molecule has 0 aliphatic carbocycles. The lowest BCUT2D eigenvalue weighted by Gasteiger charge is -2.11. The number of hydrogen-bond donors (Lipinski definition) is 1. The summed E-state index contributed by atoms with van der Waals surface area (Å²) >= 11 is 0. The fourth-order valence-electron chi connectivity index (χ4n) is 2.89. The van der Waals surface area contributed by atoms with Gasteiger partial charge in [0.05, 0.1) is 22.3 Å². The van der Waals surface area contributed by atoms with E-state index in [1.807, 2.05) is 34.9 Å². The summed E-state index contributed by atoms with van der Waals surface area (Å²) in [5.74, 6) is 0.00707. The van der Waals surface area contributed by atoms with E-state index in [9.17, 15) is 13.2 Å². The van der Waals surface area contributed by atoms with Crippen LogP contribution in [0.1, 0.15) is 18.4 Å². The van der Waals surface area contributed by atoms with Crippen LogP contribution in [0, 0.1) is 0 Å². The minimum Gasteiger partial charge on any atom is -0.352 e. The summed E-state index contributed by atoms with van der Waals surface area (Å²) in [6, 6.07) is 14.7. The maximum absolute atomic E-state index is 12.2. The molecule has 0 spiro atoms. The highest BCUT2D eigenvalue weighted by molar-refractivity contribution is 7.89. The Morgan fingerprint density at radius 2 is 1.89 bits per heavy atom. The maximum atomic E-state index is 12.2. The molecule has 0 unspecified atom stereocenters. The maximum Gasteiger partial charge on any atom is 0.242 e. The second-order valence-electron chi connectivity index (χ2n) is 6.74. The molecule has 0 atom stereocenters. The van der Waals surface area contributed by atoms with Gasteiger partial charge in [0.25, 0.3) is 0 Å². The van der Waals surface area contributed by atoms with Gasteiger partial charge in [-0.25, -0.2) is 17.7 Å². The van der Waals surface area contributed by atoms with Gasteiger partial charge >= 0.3 is 0 Å². The topological polar surface area (TPSA) is 84.3 Å². The largest absolute Gasteiger partial charge is 0.352 e. The molecule has 1 amide bonds. The molecule has 1 heterocycles. The Labute approximate surface area is 165 Å². The van der Waals surface area contributed by atoms with E-state index in [0.717, 1.165) is 11.1 Å². The number of amides is 1. The number of carbonyl (C=O) groups excluding carboxylic acids is 1. The molecular weight excluding hydrogens is 376 g/mol. The van der Waals surface area contributed by atoms with Gasteiger partial charge in [-0.2, -0.15) is 0 Å². The Balaban J connectivity index is 1.57. The lowest BCUT2D eigenvalue weighted by Crippen LogP contribution is -2.22. The van der Waals surface area contributed by atoms with Crippen molar-refractivity contribution < 1.29 is 13.2 Å². The number of sulfonamides is 1. The molecule has 1 N–H and O–H groups in total. The Morgan fingerprint density at radius 3 is 2.61 bits per heavy atom. The summed E-state index contributed by atoms with van der Waals surface area (Å²) in [5.41, 5.74) is 2.54. The van der Waals surface area contributed by atoms with E-state index in [1.54, 1.807) is 24.5 Å². The van der Waals surface area contributed by atoms with Crippen molar-refractivity contribution in [2.24, 2.45) is 0 Å². The third-order valence-corrected chi connectivity index (χ3v) is 6.32. The number of aromatic nitrogens is 2. The summed E-state index contributed by atoms with van der Waals surface area (Å²) in [7, 11) is -0.483. The number of fused-ring (bicyclic) bond motifs is 1. The van der Waals surface area contributed by atoms with E-state index >= 15 is 0 Å². The molecule has 3 aromatic rings. The van der Waals surface area contributed by atoms with Gasteiger partial charge in [0.15, 0.2) is 0 Å². The number of rotatable bonds is 8. The second-order valence-corrected chi connectivity index (χ2v) is 8.89. The Morgan fingerprint density at radius 1 is 1.14 bits per heavy atom. The van der Waals surface area contributed by atoms with Gasteiger partial charge in [-0.1, -0.05) is 30.3 Å². The molecule has 0 aliphatic rings. The molecule has 0 radical (unpaired) electrons. The van der Waals surface area contributed by atoms with Gasteiger partial charge in [-0.3, -0.25) is 4.79 Å². The van der Waals surface area contributed by atoms with E-state index in [1.165, 1.54) is 18.4 Å². The van der Waals surface area contributed by atoms with E-state index in [-0.39, 0.29) is 10.8 Å². The van der Waals surface area contributed by atoms with Gasteiger partial charge in [0.1, 0.15) is 0 Å². The first kappa shape index (κ1) is 20.0. The van der Waals surface area contributed by atoms with Crippen molar-refractivity contribution in [2.75, 3.05) is 14.1 Å². The molecule has 0 aliphatic heterocycles. The third-order valence-electron chi connectivity index (χ3n) is 4.51. The van der Waals surface area contributed by atoms with Gasteiger partial charge in [0, 0.05) is 33.6 Å². The van der Waals surface area contributed by atoms with Crippen LogP contribution < -0.4 is 5.32 Å². The number of benzene rings is 2. The SMILES string of the molecule is CN(C)S(=O)(=O)c1ccc2c(c1)ncn2CCCC(=O)NCc1ccccc1. The number of aryl methyl sites for hydroxylation is 1. The Kier molecular flexibility index (Phi) is 6.11. The number of carbonyl (C=O) groups is 1. The lowest BCUT2D eigenvalue weighted by atomic mass is 10.2. The molecule has 148 valence electrons. The van der Waals surface area contributed by atoms with Crippen LogP contribution in [0.25, 0.3) is 11.0 Å². The second kappa shape index (κ2) is 8.53. The summed E-state index contributed by atoms with van der Waals surface area (Å²) in [4.78, 5) is 16.5. The molecular formula is C20H24N4O3S. The van der Waals surface area contributed by atoms with Crippen molar-refractivity contribution in [3.63, 3.8) is 0 Å². The predicted molar refractivity (Wildman–Crippen MR) is 108 cm³/mol. The first-order chi connectivity index (χ1) is 13.4. The van der Waals surface area contributed by atoms with Gasteiger partial charge in [-0.15, -0.1) is 0 Å². The third kappa shape index (κ3) is 4.58. The molecule has 0 bridgehead atoms. The van der Waals surface area contributed by atoms with Crippen LogP contribution in [0.4, 0.5) is 0 Å². The molecule has 28 heavy (non-hydrogen) atoms.